The Morgan fingerprint density at radius 3 is 2.64 bits per heavy atom. The summed E-state index contributed by atoms with van der Waals surface area (Å²) in [6.45, 7) is 5.04. The lowest BCUT2D eigenvalue weighted by Gasteiger charge is -2.50. The quantitative estimate of drug-likeness (QED) is 0.0476. The molecule has 0 saturated carbocycles. The monoisotopic (exact) mass is 728 g/mol. The average molecular weight is 729 g/mol. The van der Waals surface area contributed by atoms with E-state index >= 15 is 0 Å². The summed E-state index contributed by atoms with van der Waals surface area (Å²) in [5.74, 6) is -2.43. The van der Waals surface area contributed by atoms with E-state index in [0.29, 0.717) is 41.7 Å². The zero-order valence-electron chi connectivity index (χ0n) is 27.2. The number of carbonyl (C=O) groups excluding carboxylic acids is 2. The van der Waals surface area contributed by atoms with E-state index in [2.05, 4.69) is 24.7 Å². The van der Waals surface area contributed by atoms with Crippen molar-refractivity contribution in [3.63, 3.8) is 0 Å². The highest BCUT2D eigenvalue weighted by atomic mass is 32.2. The van der Waals surface area contributed by atoms with E-state index in [1.54, 1.807) is 12.1 Å². The SMILES string of the molecule is CC(O/N=C(\C(=O)NC1C(=O)N(OS(=O)O)C1(C)C)c1csc(N)n1)(C(=O)O)C1CCc2cc(C(N)=NCc3cccc(CN)c3)ccc2O1. The number of hydrogen-bond donors (Lipinski definition) is 6. The van der Waals surface area contributed by atoms with Crippen LogP contribution in [0, 0.1) is 0 Å². The Bertz CT molecular complexity index is 1900. The van der Waals surface area contributed by atoms with Crippen molar-refractivity contribution in [3.05, 3.63) is 75.8 Å². The van der Waals surface area contributed by atoms with Gasteiger partial charge < -0.3 is 37.2 Å². The first-order valence-corrected chi connectivity index (χ1v) is 17.1. The van der Waals surface area contributed by atoms with Gasteiger partial charge in [0.05, 0.1) is 12.1 Å². The number of β-lactam (4-membered cyclic amide) rings is 1. The van der Waals surface area contributed by atoms with Gasteiger partial charge >= 0.3 is 17.3 Å². The molecule has 19 heteroatoms. The van der Waals surface area contributed by atoms with Crippen molar-refractivity contribution in [1.82, 2.24) is 15.4 Å². The molecule has 17 nitrogen and oxygen atoms in total. The number of nitrogen functional groups attached to an aromatic ring is 1. The summed E-state index contributed by atoms with van der Waals surface area (Å²) < 4.78 is 30.9. The molecule has 4 atom stereocenters. The number of nitrogens with zero attached hydrogens (tertiary/aromatic N) is 4. The summed E-state index contributed by atoms with van der Waals surface area (Å²) in [6, 6.07) is 11.8. The lowest BCUT2D eigenvalue weighted by Crippen LogP contribution is -2.76. The lowest BCUT2D eigenvalue weighted by molar-refractivity contribution is -0.216. The lowest BCUT2D eigenvalue weighted by atomic mass is 9.84. The number of carbonyl (C=O) groups is 3. The fourth-order valence-corrected chi connectivity index (χ4v) is 6.37. The van der Waals surface area contributed by atoms with Crippen molar-refractivity contribution in [2.45, 2.75) is 70.0 Å². The molecule has 2 aliphatic heterocycles. The molecule has 50 heavy (non-hydrogen) atoms. The molecule has 4 unspecified atom stereocenters. The van der Waals surface area contributed by atoms with E-state index in [-0.39, 0.29) is 17.2 Å². The number of aliphatic carboxylic acids is 1. The Hall–Kier alpha value is -4.95. The van der Waals surface area contributed by atoms with Gasteiger partial charge in [0.25, 0.3) is 17.4 Å². The van der Waals surface area contributed by atoms with Gasteiger partial charge in [0, 0.05) is 17.5 Å². The van der Waals surface area contributed by atoms with Crippen LogP contribution in [0.1, 0.15) is 55.1 Å². The molecular weight excluding hydrogens is 693 g/mol. The molecule has 1 aromatic heterocycles. The number of rotatable bonds is 13. The summed E-state index contributed by atoms with van der Waals surface area (Å²) in [5, 5.41) is 18.9. The smallest absolute Gasteiger partial charge is 0.354 e. The number of ether oxygens (including phenoxy) is 1. The molecule has 5 rings (SSSR count). The molecule has 0 bridgehead atoms. The van der Waals surface area contributed by atoms with Crippen LogP contribution in [-0.4, -0.2) is 76.5 Å². The fourth-order valence-electron chi connectivity index (χ4n) is 5.42. The number of thiazole rings is 1. The van der Waals surface area contributed by atoms with E-state index in [0.717, 1.165) is 28.0 Å². The first-order valence-electron chi connectivity index (χ1n) is 15.2. The van der Waals surface area contributed by atoms with Gasteiger partial charge in [0.2, 0.25) is 0 Å². The number of carboxylic acids is 1. The molecule has 1 saturated heterocycles. The normalized spacial score (nSPS) is 20.5. The van der Waals surface area contributed by atoms with Crippen molar-refractivity contribution in [2.75, 3.05) is 5.73 Å². The zero-order chi connectivity index (χ0) is 36.4. The highest BCUT2D eigenvalue weighted by Gasteiger charge is 2.57. The number of aryl methyl sites for hydroxylation is 1. The number of nitrogens with two attached hydrogens (primary N) is 3. The number of nitrogens with one attached hydrogen (secondary N) is 1. The van der Waals surface area contributed by atoms with Gasteiger partial charge in [-0.15, -0.1) is 15.6 Å². The van der Waals surface area contributed by atoms with E-state index in [1.165, 1.54) is 26.2 Å². The minimum Gasteiger partial charge on any atom is -0.485 e. The summed E-state index contributed by atoms with van der Waals surface area (Å²) in [7, 11) is 0. The number of hydrogen-bond acceptors (Lipinski definition) is 13. The molecule has 3 aromatic rings. The van der Waals surface area contributed by atoms with Gasteiger partial charge in [-0.2, -0.15) is 9.27 Å². The van der Waals surface area contributed by atoms with E-state index in [9.17, 15) is 23.7 Å². The molecule has 3 heterocycles. The molecular formula is C31H36N8O9S2. The number of anilines is 1. The third kappa shape index (κ3) is 7.45. The average Bonchev–Trinajstić information content (AvgIpc) is 3.53. The van der Waals surface area contributed by atoms with Crippen LogP contribution in [0.5, 0.6) is 5.75 Å². The number of aliphatic imine (C=N–C) groups is 1. The number of amidine groups is 1. The standard InChI is InChI=1S/C31H36N8O9S2/c1-30(2)24(27(41)39(30)48-50(44)45)37-26(40)23(20-15-49-29(34)36-20)38-47-31(3,28(42)43)22-10-8-18-12-19(7-9-21(18)46-22)25(33)35-14-17-6-4-5-16(11-17)13-32/h4-7,9,11-12,15,22,24H,8,10,13-14,32H2,1-3H3,(H2,33,35)(H2,34,36)(H,37,40)(H,42,43)(H,44,45)/b38-23-. The minimum absolute atomic E-state index is 0.0411. The van der Waals surface area contributed by atoms with Crippen LogP contribution in [-0.2, 0) is 54.4 Å². The Morgan fingerprint density at radius 1 is 1.26 bits per heavy atom. The largest absolute Gasteiger partial charge is 0.485 e. The third-order valence-corrected chi connectivity index (χ3v) is 9.35. The molecule has 2 aliphatic rings. The predicted molar refractivity (Wildman–Crippen MR) is 183 cm³/mol. The van der Waals surface area contributed by atoms with Crippen molar-refractivity contribution in [2.24, 2.45) is 21.6 Å². The van der Waals surface area contributed by atoms with Crippen LogP contribution in [0.4, 0.5) is 5.13 Å². The number of oxime groups is 1. The summed E-state index contributed by atoms with van der Waals surface area (Å²) in [4.78, 5) is 52.9. The van der Waals surface area contributed by atoms with E-state index in [4.69, 9.17) is 31.3 Å². The van der Waals surface area contributed by atoms with Gasteiger partial charge in [-0.05, 0) is 68.5 Å². The maximum atomic E-state index is 13.5. The molecule has 0 radical (unpaired) electrons. The number of carboxylic acid groups (broad SMARTS) is 1. The second kappa shape index (κ2) is 14.5. The Labute approximate surface area is 292 Å². The van der Waals surface area contributed by atoms with Crippen LogP contribution in [0.25, 0.3) is 0 Å². The van der Waals surface area contributed by atoms with Gasteiger partial charge in [0.1, 0.15) is 23.3 Å². The van der Waals surface area contributed by atoms with Crippen molar-refractivity contribution in [3.8, 4) is 5.75 Å². The van der Waals surface area contributed by atoms with Crippen LogP contribution >= 0.6 is 11.3 Å². The molecule has 1 fully saturated rings. The molecule has 2 aromatic carbocycles. The van der Waals surface area contributed by atoms with Gasteiger partial charge in [0.15, 0.2) is 16.9 Å². The molecule has 0 spiro atoms. The predicted octanol–water partition coefficient (Wildman–Crippen LogP) is 1.22. The van der Waals surface area contributed by atoms with Crippen LogP contribution in [0.3, 0.4) is 0 Å². The first-order chi connectivity index (χ1) is 23.6. The second-order valence-electron chi connectivity index (χ2n) is 12.2. The summed E-state index contributed by atoms with van der Waals surface area (Å²) >= 11 is -1.78. The number of benzene rings is 2. The first kappa shape index (κ1) is 36.3. The van der Waals surface area contributed by atoms with Crippen LogP contribution < -0.4 is 27.3 Å². The third-order valence-electron chi connectivity index (χ3n) is 8.40. The maximum Gasteiger partial charge on any atom is 0.354 e. The van der Waals surface area contributed by atoms with Gasteiger partial charge in [-0.25, -0.2) is 9.78 Å². The molecule has 2 amide bonds. The number of hydroxylamine groups is 2. The molecule has 266 valence electrons. The number of fused-ring (bicyclic) bond motifs is 1. The zero-order valence-corrected chi connectivity index (χ0v) is 28.8. The number of aromatic nitrogens is 1. The Balaban J connectivity index is 1.33. The summed E-state index contributed by atoms with van der Waals surface area (Å²) in [5.41, 5.74) is 17.4. The molecule has 0 aliphatic carbocycles. The Morgan fingerprint density at radius 2 is 2.00 bits per heavy atom. The van der Waals surface area contributed by atoms with Crippen molar-refractivity contribution >= 4 is 57.2 Å². The minimum atomic E-state index is -2.78. The van der Waals surface area contributed by atoms with Crippen molar-refractivity contribution < 1.29 is 42.1 Å². The van der Waals surface area contributed by atoms with Gasteiger partial charge in [-0.1, -0.05) is 29.4 Å². The van der Waals surface area contributed by atoms with E-state index < -0.39 is 58.1 Å². The maximum absolute atomic E-state index is 13.5. The Kier molecular flexibility index (Phi) is 10.5. The van der Waals surface area contributed by atoms with Crippen LogP contribution in [0.15, 0.2) is 58.0 Å². The second-order valence-corrected chi connectivity index (χ2v) is 13.7. The highest BCUT2D eigenvalue weighted by molar-refractivity contribution is 7.74. The highest BCUT2D eigenvalue weighted by Crippen LogP contribution is 2.35. The van der Waals surface area contributed by atoms with Crippen molar-refractivity contribution in [1.29, 1.82) is 0 Å². The van der Waals surface area contributed by atoms with E-state index in [1.807, 2.05) is 30.3 Å². The molecule has 9 N–H and O–H groups in total. The number of amides is 2. The topological polar surface area (TPSA) is 267 Å². The van der Waals surface area contributed by atoms with Gasteiger partial charge in [-0.3, -0.25) is 19.1 Å². The fraction of sp³-hybridized carbons (Fsp3) is 0.355. The van der Waals surface area contributed by atoms with Crippen LogP contribution in [0.2, 0.25) is 0 Å². The summed E-state index contributed by atoms with van der Waals surface area (Å²) in [6.07, 6.45) is -0.442.